The minimum absolute atomic E-state index is 0.163. The van der Waals surface area contributed by atoms with Crippen molar-refractivity contribution in [2.24, 2.45) is 0 Å². The van der Waals surface area contributed by atoms with Gasteiger partial charge in [0.05, 0.1) is 44.7 Å². The van der Waals surface area contributed by atoms with Gasteiger partial charge in [0.25, 0.3) is 0 Å². The lowest BCUT2D eigenvalue weighted by Crippen LogP contribution is -2.29. The number of nitrogens with one attached hydrogen (secondary N) is 1. The van der Waals surface area contributed by atoms with Crippen LogP contribution in [-0.4, -0.2) is 63.6 Å². The first-order chi connectivity index (χ1) is 16.2. The molecule has 0 unspecified atom stereocenters. The molecule has 2 aromatic rings. The Kier molecular flexibility index (Phi) is 11.3. The zero-order valence-electron chi connectivity index (χ0n) is 19.5. The van der Waals surface area contributed by atoms with E-state index in [0.29, 0.717) is 45.1 Å². The first kappa shape index (κ1) is 25.3. The van der Waals surface area contributed by atoms with Crippen molar-refractivity contribution in [1.82, 2.24) is 10.4 Å². The SMILES string of the molecule is CNCCOCc1ccc(COCCO[C@@H]2CCCN(OC(=O)c3ccccc3)CC2)cc1. The summed E-state index contributed by atoms with van der Waals surface area (Å²) in [6.45, 7) is 5.28. The van der Waals surface area contributed by atoms with Crippen LogP contribution in [0, 0.1) is 0 Å². The molecule has 33 heavy (non-hydrogen) atoms. The molecule has 0 aliphatic carbocycles. The van der Waals surface area contributed by atoms with Crippen LogP contribution in [0.4, 0.5) is 0 Å². The zero-order chi connectivity index (χ0) is 23.1. The predicted molar refractivity (Wildman–Crippen MR) is 127 cm³/mol. The highest BCUT2D eigenvalue weighted by atomic mass is 16.7. The van der Waals surface area contributed by atoms with Crippen molar-refractivity contribution in [3.8, 4) is 0 Å². The number of hydrogen-bond donors (Lipinski definition) is 1. The summed E-state index contributed by atoms with van der Waals surface area (Å²) in [7, 11) is 1.92. The number of ether oxygens (including phenoxy) is 3. The molecule has 180 valence electrons. The molecule has 0 spiro atoms. The molecule has 7 nitrogen and oxygen atoms in total. The fourth-order valence-corrected chi connectivity index (χ4v) is 3.60. The maximum absolute atomic E-state index is 12.2. The number of hydrogen-bond acceptors (Lipinski definition) is 7. The van der Waals surface area contributed by atoms with E-state index in [-0.39, 0.29) is 12.1 Å². The van der Waals surface area contributed by atoms with Crippen LogP contribution >= 0.6 is 0 Å². The Balaban J connectivity index is 1.26. The van der Waals surface area contributed by atoms with Gasteiger partial charge in [-0.1, -0.05) is 42.5 Å². The van der Waals surface area contributed by atoms with Gasteiger partial charge in [-0.15, -0.1) is 5.06 Å². The van der Waals surface area contributed by atoms with E-state index in [2.05, 4.69) is 29.6 Å². The molecule has 1 saturated heterocycles. The highest BCUT2D eigenvalue weighted by molar-refractivity contribution is 5.89. The molecular weight excluding hydrogens is 420 g/mol. The molecule has 1 N–H and O–H groups in total. The van der Waals surface area contributed by atoms with E-state index in [1.165, 1.54) is 0 Å². The minimum atomic E-state index is -0.308. The zero-order valence-corrected chi connectivity index (χ0v) is 19.5. The molecule has 1 atom stereocenters. The molecule has 0 amide bonds. The predicted octanol–water partition coefficient (Wildman–Crippen LogP) is 3.58. The second kappa shape index (κ2) is 14.8. The van der Waals surface area contributed by atoms with Crippen LogP contribution < -0.4 is 5.32 Å². The lowest BCUT2D eigenvalue weighted by Gasteiger charge is -2.19. The number of likely N-dealkylation sites (N-methyl/N-ethyl adjacent to an activating group) is 1. The van der Waals surface area contributed by atoms with E-state index in [0.717, 1.165) is 43.5 Å². The Bertz CT molecular complexity index is 800. The summed E-state index contributed by atoms with van der Waals surface area (Å²) in [5.74, 6) is -0.308. The molecular formula is C26H36N2O5. The molecule has 1 heterocycles. The van der Waals surface area contributed by atoms with Crippen LogP contribution in [0.2, 0.25) is 0 Å². The summed E-state index contributed by atoms with van der Waals surface area (Å²) in [5.41, 5.74) is 2.87. The largest absolute Gasteiger partial charge is 0.376 e. The molecule has 1 aliphatic heterocycles. The summed E-state index contributed by atoms with van der Waals surface area (Å²) >= 11 is 0. The van der Waals surface area contributed by atoms with Crippen LogP contribution in [0.25, 0.3) is 0 Å². The van der Waals surface area contributed by atoms with Crippen molar-refractivity contribution in [2.45, 2.75) is 38.6 Å². The van der Waals surface area contributed by atoms with Crippen molar-refractivity contribution in [3.63, 3.8) is 0 Å². The van der Waals surface area contributed by atoms with Crippen molar-refractivity contribution < 1.29 is 23.8 Å². The van der Waals surface area contributed by atoms with Gasteiger partial charge in [0.1, 0.15) is 0 Å². The summed E-state index contributed by atoms with van der Waals surface area (Å²) in [6, 6.07) is 17.4. The maximum atomic E-state index is 12.2. The van der Waals surface area contributed by atoms with Crippen molar-refractivity contribution in [2.75, 3.05) is 46.5 Å². The molecule has 1 aliphatic rings. The van der Waals surface area contributed by atoms with E-state index in [1.54, 1.807) is 17.2 Å². The van der Waals surface area contributed by atoms with Gasteiger partial charge in [0.2, 0.25) is 0 Å². The summed E-state index contributed by atoms with van der Waals surface area (Å²) in [4.78, 5) is 17.8. The fourth-order valence-electron chi connectivity index (χ4n) is 3.60. The monoisotopic (exact) mass is 456 g/mol. The maximum Gasteiger partial charge on any atom is 0.357 e. The molecule has 7 heteroatoms. The number of nitrogens with zero attached hydrogens (tertiary/aromatic N) is 1. The topological polar surface area (TPSA) is 69.3 Å². The molecule has 0 radical (unpaired) electrons. The Morgan fingerprint density at radius 1 is 0.909 bits per heavy atom. The lowest BCUT2D eigenvalue weighted by atomic mass is 10.1. The number of carbonyl (C=O) groups excluding carboxylic acids is 1. The van der Waals surface area contributed by atoms with E-state index in [1.807, 2.05) is 25.2 Å². The number of benzene rings is 2. The first-order valence-corrected chi connectivity index (χ1v) is 11.8. The van der Waals surface area contributed by atoms with Gasteiger partial charge in [0.15, 0.2) is 0 Å². The van der Waals surface area contributed by atoms with Gasteiger partial charge in [0, 0.05) is 19.6 Å². The molecule has 1 fully saturated rings. The molecule has 2 aromatic carbocycles. The third-order valence-corrected chi connectivity index (χ3v) is 5.49. The lowest BCUT2D eigenvalue weighted by molar-refractivity contribution is -0.109. The molecule has 3 rings (SSSR count). The summed E-state index contributed by atoms with van der Waals surface area (Å²) in [6.07, 6.45) is 2.88. The highest BCUT2D eigenvalue weighted by Gasteiger charge is 2.20. The normalized spacial score (nSPS) is 16.9. The van der Waals surface area contributed by atoms with Gasteiger partial charge in [-0.3, -0.25) is 0 Å². The summed E-state index contributed by atoms with van der Waals surface area (Å²) < 4.78 is 17.4. The Labute approximate surface area is 196 Å². The quantitative estimate of drug-likeness (QED) is 0.462. The third kappa shape index (κ3) is 9.61. The Morgan fingerprint density at radius 3 is 2.30 bits per heavy atom. The van der Waals surface area contributed by atoms with Crippen LogP contribution in [0.5, 0.6) is 0 Å². The number of hydroxylamine groups is 2. The van der Waals surface area contributed by atoms with Crippen molar-refractivity contribution in [1.29, 1.82) is 0 Å². The van der Waals surface area contributed by atoms with E-state index >= 15 is 0 Å². The van der Waals surface area contributed by atoms with Crippen LogP contribution in [0.15, 0.2) is 54.6 Å². The minimum Gasteiger partial charge on any atom is -0.376 e. The number of carbonyl (C=O) groups is 1. The Morgan fingerprint density at radius 2 is 1.61 bits per heavy atom. The second-order valence-electron chi connectivity index (χ2n) is 8.12. The van der Waals surface area contributed by atoms with Gasteiger partial charge in [-0.2, -0.15) is 0 Å². The van der Waals surface area contributed by atoms with E-state index in [9.17, 15) is 4.79 Å². The summed E-state index contributed by atoms with van der Waals surface area (Å²) in [5, 5.41) is 4.82. The first-order valence-electron chi connectivity index (χ1n) is 11.8. The molecule has 0 saturated carbocycles. The average Bonchev–Trinajstić information content (AvgIpc) is 3.08. The smallest absolute Gasteiger partial charge is 0.357 e. The number of rotatable bonds is 13. The van der Waals surface area contributed by atoms with Crippen LogP contribution in [0.1, 0.15) is 40.7 Å². The second-order valence-corrected chi connectivity index (χ2v) is 8.12. The van der Waals surface area contributed by atoms with Gasteiger partial charge in [-0.05, 0) is 49.6 Å². The van der Waals surface area contributed by atoms with Crippen molar-refractivity contribution >= 4 is 5.97 Å². The van der Waals surface area contributed by atoms with Gasteiger partial charge >= 0.3 is 5.97 Å². The van der Waals surface area contributed by atoms with Crippen molar-refractivity contribution in [3.05, 3.63) is 71.3 Å². The van der Waals surface area contributed by atoms with Crippen LogP contribution in [-0.2, 0) is 32.3 Å². The Hall–Kier alpha value is -2.29. The van der Waals surface area contributed by atoms with Gasteiger partial charge < -0.3 is 24.4 Å². The molecule has 0 bridgehead atoms. The van der Waals surface area contributed by atoms with Crippen LogP contribution in [0.3, 0.4) is 0 Å². The average molecular weight is 457 g/mol. The van der Waals surface area contributed by atoms with Gasteiger partial charge in [-0.25, -0.2) is 4.79 Å². The standard InChI is InChI=1S/C26H36N2O5/c1-27-14-17-30-20-22-9-11-23(12-10-22)21-31-18-19-32-25-8-5-15-28(16-13-25)33-26(29)24-6-3-2-4-7-24/h2-4,6-7,9-12,25,27H,5,8,13-21H2,1H3/t25-/m1/s1. The van der Waals surface area contributed by atoms with E-state index in [4.69, 9.17) is 19.0 Å². The fraction of sp³-hybridized carbons (Fsp3) is 0.500. The molecule has 0 aromatic heterocycles. The third-order valence-electron chi connectivity index (χ3n) is 5.49. The highest BCUT2D eigenvalue weighted by Crippen LogP contribution is 2.16. The van der Waals surface area contributed by atoms with E-state index < -0.39 is 0 Å².